The Hall–Kier alpha value is -1.82. The van der Waals surface area contributed by atoms with Crippen molar-refractivity contribution < 1.29 is 9.47 Å². The number of likely N-dealkylation sites (N-methyl/N-ethyl adjacent to an activating group) is 1. The topological polar surface area (TPSA) is 59.0 Å². The third kappa shape index (κ3) is 7.30. The molecule has 0 bridgehead atoms. The first-order valence-electron chi connectivity index (χ1n) is 9.30. The van der Waals surface area contributed by atoms with Crippen LogP contribution >= 0.6 is 0 Å². The van der Waals surface area contributed by atoms with Crippen molar-refractivity contribution in [3.8, 4) is 5.88 Å². The van der Waals surface area contributed by atoms with Crippen molar-refractivity contribution in [2.24, 2.45) is 10.9 Å². The summed E-state index contributed by atoms with van der Waals surface area (Å²) in [6.45, 7) is 5.93. The van der Waals surface area contributed by atoms with Gasteiger partial charge in [0.1, 0.15) is 0 Å². The van der Waals surface area contributed by atoms with E-state index in [-0.39, 0.29) is 0 Å². The summed E-state index contributed by atoms with van der Waals surface area (Å²) in [6, 6.07) is 3.97. The summed E-state index contributed by atoms with van der Waals surface area (Å²) in [4.78, 5) is 10.8. The van der Waals surface area contributed by atoms with Crippen molar-refractivity contribution in [3.63, 3.8) is 0 Å². The summed E-state index contributed by atoms with van der Waals surface area (Å²) < 4.78 is 11.5. The molecule has 6 nitrogen and oxygen atoms in total. The third-order valence-corrected chi connectivity index (χ3v) is 4.22. The first-order valence-corrected chi connectivity index (χ1v) is 9.30. The number of unbranched alkanes of at least 4 members (excludes halogenated alkanes) is 1. The second-order valence-corrected chi connectivity index (χ2v) is 6.51. The predicted molar refractivity (Wildman–Crippen MR) is 101 cm³/mol. The van der Waals surface area contributed by atoms with E-state index in [4.69, 9.17) is 9.47 Å². The molecule has 1 aliphatic carbocycles. The summed E-state index contributed by atoms with van der Waals surface area (Å²) in [7, 11) is 3.82. The first kappa shape index (κ1) is 19.5. The molecular formula is C19H32N4O2. The Morgan fingerprint density at radius 1 is 1.40 bits per heavy atom. The summed E-state index contributed by atoms with van der Waals surface area (Å²) >= 11 is 0. The lowest BCUT2D eigenvalue weighted by atomic mass is 10.2. The molecule has 0 aromatic carbocycles. The fourth-order valence-electron chi connectivity index (χ4n) is 2.40. The molecule has 140 valence electrons. The van der Waals surface area contributed by atoms with Crippen molar-refractivity contribution in [1.29, 1.82) is 0 Å². The lowest BCUT2D eigenvalue weighted by Crippen LogP contribution is -2.40. The molecule has 6 heteroatoms. The van der Waals surface area contributed by atoms with E-state index in [1.54, 1.807) is 13.2 Å². The van der Waals surface area contributed by atoms with Gasteiger partial charge in [-0.2, -0.15) is 0 Å². The Labute approximate surface area is 151 Å². The van der Waals surface area contributed by atoms with Gasteiger partial charge in [0, 0.05) is 45.6 Å². The van der Waals surface area contributed by atoms with Crippen molar-refractivity contribution in [1.82, 2.24) is 15.2 Å². The molecule has 0 saturated heterocycles. The third-order valence-electron chi connectivity index (χ3n) is 4.22. The number of ether oxygens (including phenoxy) is 2. The van der Waals surface area contributed by atoms with E-state index in [1.807, 2.05) is 19.2 Å². The maximum Gasteiger partial charge on any atom is 0.218 e. The van der Waals surface area contributed by atoms with Crippen LogP contribution in [0.1, 0.15) is 38.2 Å². The molecule has 0 radical (unpaired) electrons. The van der Waals surface area contributed by atoms with Gasteiger partial charge in [-0.05, 0) is 31.2 Å². The van der Waals surface area contributed by atoms with Gasteiger partial charge in [0.25, 0.3) is 0 Å². The molecule has 0 amide bonds. The Kier molecular flexibility index (Phi) is 8.52. The maximum absolute atomic E-state index is 5.79. The largest absolute Gasteiger partial charge is 0.477 e. The van der Waals surface area contributed by atoms with Gasteiger partial charge in [-0.1, -0.05) is 19.4 Å². The molecule has 1 aromatic heterocycles. The van der Waals surface area contributed by atoms with E-state index < -0.39 is 0 Å². The number of aromatic nitrogens is 1. The highest BCUT2D eigenvalue weighted by molar-refractivity contribution is 5.79. The van der Waals surface area contributed by atoms with Crippen LogP contribution in [0.25, 0.3) is 0 Å². The van der Waals surface area contributed by atoms with Gasteiger partial charge in [-0.15, -0.1) is 0 Å². The van der Waals surface area contributed by atoms with Crippen LogP contribution in [-0.2, 0) is 11.3 Å². The fourth-order valence-corrected chi connectivity index (χ4v) is 2.40. The summed E-state index contributed by atoms with van der Waals surface area (Å²) in [5.41, 5.74) is 1.04. The molecule has 1 saturated carbocycles. The van der Waals surface area contributed by atoms with Crippen LogP contribution in [0.4, 0.5) is 0 Å². The molecule has 1 aromatic rings. The van der Waals surface area contributed by atoms with E-state index in [0.717, 1.165) is 50.0 Å². The molecule has 1 aliphatic rings. The number of nitrogens with zero attached hydrogens (tertiary/aromatic N) is 3. The molecule has 1 fully saturated rings. The van der Waals surface area contributed by atoms with Gasteiger partial charge in [0.05, 0.1) is 13.2 Å². The minimum atomic E-state index is 0.634. The van der Waals surface area contributed by atoms with Crippen molar-refractivity contribution in [2.75, 3.05) is 40.5 Å². The van der Waals surface area contributed by atoms with Crippen LogP contribution in [0.15, 0.2) is 23.3 Å². The van der Waals surface area contributed by atoms with Gasteiger partial charge in [0.2, 0.25) is 5.88 Å². The van der Waals surface area contributed by atoms with Crippen LogP contribution in [0.3, 0.4) is 0 Å². The lowest BCUT2D eigenvalue weighted by Gasteiger charge is -2.22. The first-order chi connectivity index (χ1) is 12.2. The van der Waals surface area contributed by atoms with E-state index in [9.17, 15) is 0 Å². The number of guanidine groups is 1. The molecular weight excluding hydrogens is 316 g/mol. The van der Waals surface area contributed by atoms with Crippen LogP contribution < -0.4 is 10.1 Å². The van der Waals surface area contributed by atoms with Crippen molar-refractivity contribution in [2.45, 2.75) is 39.2 Å². The quantitative estimate of drug-likeness (QED) is 0.378. The second-order valence-electron chi connectivity index (χ2n) is 6.51. The Morgan fingerprint density at radius 2 is 2.24 bits per heavy atom. The van der Waals surface area contributed by atoms with E-state index in [0.29, 0.717) is 19.0 Å². The summed E-state index contributed by atoms with van der Waals surface area (Å²) in [5, 5.41) is 3.38. The molecule has 0 aliphatic heterocycles. The molecule has 25 heavy (non-hydrogen) atoms. The van der Waals surface area contributed by atoms with Gasteiger partial charge < -0.3 is 19.7 Å². The summed E-state index contributed by atoms with van der Waals surface area (Å²) in [5.74, 6) is 2.35. The molecule has 0 unspecified atom stereocenters. The molecule has 1 heterocycles. The normalized spacial score (nSPS) is 14.4. The van der Waals surface area contributed by atoms with Gasteiger partial charge in [0.15, 0.2) is 5.96 Å². The Bertz CT molecular complexity index is 532. The number of pyridine rings is 1. The highest BCUT2D eigenvalue weighted by Gasteiger charge is 2.21. The van der Waals surface area contributed by atoms with Gasteiger partial charge in [-0.3, -0.25) is 4.99 Å². The fraction of sp³-hybridized carbons (Fsp3) is 0.684. The zero-order valence-corrected chi connectivity index (χ0v) is 15.8. The van der Waals surface area contributed by atoms with Crippen molar-refractivity contribution in [3.05, 3.63) is 23.9 Å². The average Bonchev–Trinajstić information content (AvgIpc) is 3.45. The van der Waals surface area contributed by atoms with Gasteiger partial charge in [-0.25, -0.2) is 4.98 Å². The van der Waals surface area contributed by atoms with E-state index in [1.165, 1.54) is 12.8 Å². The van der Waals surface area contributed by atoms with Crippen molar-refractivity contribution >= 4 is 5.96 Å². The number of nitrogens with one attached hydrogen (secondary N) is 1. The molecule has 0 spiro atoms. The highest BCUT2D eigenvalue weighted by Crippen LogP contribution is 2.28. The number of hydrogen-bond acceptors (Lipinski definition) is 4. The minimum Gasteiger partial charge on any atom is -0.477 e. The summed E-state index contributed by atoms with van der Waals surface area (Å²) in [6.07, 6.45) is 6.57. The van der Waals surface area contributed by atoms with Crippen LogP contribution in [0.2, 0.25) is 0 Å². The molecule has 0 atom stereocenters. The number of rotatable bonds is 11. The maximum atomic E-state index is 5.79. The van der Waals surface area contributed by atoms with Crippen LogP contribution in [0.5, 0.6) is 5.88 Å². The SMILES string of the molecule is CCCCOc1ncccc1CNC(=NC)N(C)CCOCC1CC1. The monoisotopic (exact) mass is 348 g/mol. The standard InChI is InChI=1S/C19H32N4O2/c1-4-5-12-25-18-17(7-6-10-21-18)14-22-19(20-2)23(3)11-13-24-15-16-8-9-16/h6-7,10,16H,4-5,8-9,11-15H2,1-3H3,(H,20,22). The number of aliphatic imine (C=N–C) groups is 1. The molecule has 1 N–H and O–H groups in total. The zero-order valence-electron chi connectivity index (χ0n) is 15.8. The van der Waals surface area contributed by atoms with Gasteiger partial charge >= 0.3 is 0 Å². The van der Waals surface area contributed by atoms with E-state index >= 15 is 0 Å². The lowest BCUT2D eigenvalue weighted by molar-refractivity contribution is 0.115. The predicted octanol–water partition coefficient (Wildman–Crippen LogP) is 2.69. The smallest absolute Gasteiger partial charge is 0.218 e. The Morgan fingerprint density at radius 3 is 2.96 bits per heavy atom. The van der Waals surface area contributed by atoms with Crippen LogP contribution in [0, 0.1) is 5.92 Å². The Balaban J connectivity index is 1.76. The minimum absolute atomic E-state index is 0.634. The second kappa shape index (κ2) is 10.9. The number of hydrogen-bond donors (Lipinski definition) is 1. The van der Waals surface area contributed by atoms with Crippen LogP contribution in [-0.4, -0.2) is 56.3 Å². The highest BCUT2D eigenvalue weighted by atomic mass is 16.5. The average molecular weight is 348 g/mol. The molecule has 2 rings (SSSR count). The zero-order chi connectivity index (χ0) is 17.9. The van der Waals surface area contributed by atoms with E-state index in [2.05, 4.69) is 27.1 Å².